The van der Waals surface area contributed by atoms with E-state index in [1.165, 1.54) is 49.5 Å². The zero-order chi connectivity index (χ0) is 19.8. The van der Waals surface area contributed by atoms with E-state index < -0.39 is 0 Å². The molecule has 0 spiro atoms. The molecule has 3 fully saturated rings. The fourth-order valence-corrected chi connectivity index (χ4v) is 8.37. The van der Waals surface area contributed by atoms with E-state index in [0.29, 0.717) is 16.7 Å². The number of aromatic nitrogens is 2. The summed E-state index contributed by atoms with van der Waals surface area (Å²) in [6.45, 7) is 5.14. The number of aromatic amines is 1. The maximum Gasteiger partial charge on any atom is 0.0650 e. The van der Waals surface area contributed by atoms with Crippen LogP contribution >= 0.6 is 0 Å². The molecule has 154 valence electrons. The fourth-order valence-electron chi connectivity index (χ4n) is 8.37. The van der Waals surface area contributed by atoms with Gasteiger partial charge in [0.15, 0.2) is 0 Å². The van der Waals surface area contributed by atoms with Crippen LogP contribution in [0.4, 0.5) is 0 Å². The van der Waals surface area contributed by atoms with Crippen molar-refractivity contribution in [2.45, 2.75) is 77.2 Å². The van der Waals surface area contributed by atoms with Gasteiger partial charge in [0.05, 0.1) is 17.8 Å². The molecule has 0 unspecified atom stereocenters. The molecule has 1 aromatic heterocycles. The lowest BCUT2D eigenvalue weighted by molar-refractivity contribution is -0.0409. The lowest BCUT2D eigenvalue weighted by Crippen LogP contribution is -2.50. The van der Waals surface area contributed by atoms with Crippen molar-refractivity contribution < 1.29 is 5.11 Å². The molecule has 4 aliphatic carbocycles. The Morgan fingerprint density at radius 2 is 1.97 bits per heavy atom. The highest BCUT2D eigenvalue weighted by Gasteiger charge is 2.58. The highest BCUT2D eigenvalue weighted by molar-refractivity contribution is 5.78. The maximum absolute atomic E-state index is 10.2. The number of nitrogens with zero attached hydrogens (tertiary/aromatic N) is 1. The summed E-state index contributed by atoms with van der Waals surface area (Å²) in [7, 11) is 0. The van der Waals surface area contributed by atoms with Crippen LogP contribution in [0, 0.1) is 28.6 Å². The van der Waals surface area contributed by atoms with Gasteiger partial charge in [0.25, 0.3) is 0 Å². The minimum absolute atomic E-state index is 0.103. The van der Waals surface area contributed by atoms with E-state index in [9.17, 15) is 5.11 Å². The summed E-state index contributed by atoms with van der Waals surface area (Å²) >= 11 is 0. The number of aliphatic hydroxyl groups excluding tert-OH is 1. The topological polar surface area (TPSA) is 48.9 Å². The van der Waals surface area contributed by atoms with Gasteiger partial charge in [-0.05, 0) is 104 Å². The first-order chi connectivity index (χ1) is 14.0. The predicted octanol–water partition coefficient (Wildman–Crippen LogP) is 5.97. The van der Waals surface area contributed by atoms with Crippen LogP contribution < -0.4 is 0 Å². The van der Waals surface area contributed by atoms with Gasteiger partial charge in [0, 0.05) is 5.39 Å². The maximum atomic E-state index is 10.2. The van der Waals surface area contributed by atoms with Crippen molar-refractivity contribution in [2.24, 2.45) is 28.6 Å². The monoisotopic (exact) mass is 390 g/mol. The highest BCUT2D eigenvalue weighted by atomic mass is 16.3. The smallest absolute Gasteiger partial charge is 0.0650 e. The third kappa shape index (κ3) is 2.49. The van der Waals surface area contributed by atoms with Gasteiger partial charge < -0.3 is 5.11 Å². The fraction of sp³-hybridized carbons (Fsp3) is 0.654. The first kappa shape index (κ1) is 18.2. The second-order valence-electron chi connectivity index (χ2n) is 11.0. The standard InChI is InChI=1S/C26H34N2O/c1-25-11-9-19(29)14-18(25)4-5-20-22-7-6-21(26(22,2)12-10-23(20)25)16-3-8-24-17(13-16)15-27-28-24/h3-4,8,13,15,19-23,29H,5-7,9-12,14H2,1-2H3,(H,27,28)/t19-,20+,21-,22+,23+,25+,26-/m1/s1. The summed E-state index contributed by atoms with van der Waals surface area (Å²) in [5.41, 5.74) is 5.03. The molecule has 0 amide bonds. The molecule has 6 rings (SSSR count). The number of allylic oxidation sites excluding steroid dienone is 1. The second-order valence-corrected chi connectivity index (χ2v) is 11.0. The Morgan fingerprint density at radius 1 is 1.07 bits per heavy atom. The lowest BCUT2D eigenvalue weighted by atomic mass is 9.47. The Kier molecular flexibility index (Phi) is 3.89. The third-order valence-corrected chi connectivity index (χ3v) is 9.94. The molecular formula is C26H34N2O. The molecule has 2 N–H and O–H groups in total. The van der Waals surface area contributed by atoms with Crippen molar-refractivity contribution in [3.63, 3.8) is 0 Å². The van der Waals surface area contributed by atoms with Crippen LogP contribution in [0.3, 0.4) is 0 Å². The molecule has 0 aliphatic heterocycles. The molecule has 3 nitrogen and oxygen atoms in total. The lowest BCUT2D eigenvalue weighted by Gasteiger charge is -2.58. The van der Waals surface area contributed by atoms with Gasteiger partial charge in [-0.15, -0.1) is 0 Å². The molecule has 0 bridgehead atoms. The molecule has 3 heteroatoms. The first-order valence-electron chi connectivity index (χ1n) is 11.8. The van der Waals surface area contributed by atoms with Crippen LogP contribution in [-0.4, -0.2) is 21.4 Å². The van der Waals surface area contributed by atoms with Crippen LogP contribution in [0.25, 0.3) is 10.9 Å². The molecule has 1 heterocycles. The molecular weight excluding hydrogens is 356 g/mol. The first-order valence-corrected chi connectivity index (χ1v) is 11.8. The van der Waals surface area contributed by atoms with E-state index in [0.717, 1.165) is 36.1 Å². The molecule has 4 aliphatic rings. The predicted molar refractivity (Wildman–Crippen MR) is 117 cm³/mol. The van der Waals surface area contributed by atoms with Crippen molar-refractivity contribution in [1.82, 2.24) is 10.2 Å². The van der Waals surface area contributed by atoms with Crippen molar-refractivity contribution >= 4 is 10.9 Å². The Balaban J connectivity index is 1.33. The van der Waals surface area contributed by atoms with Crippen molar-refractivity contribution in [3.8, 4) is 0 Å². The number of hydrogen-bond donors (Lipinski definition) is 2. The number of fused-ring (bicyclic) bond motifs is 6. The van der Waals surface area contributed by atoms with Gasteiger partial charge in [0.1, 0.15) is 0 Å². The van der Waals surface area contributed by atoms with Crippen molar-refractivity contribution in [1.29, 1.82) is 0 Å². The van der Waals surface area contributed by atoms with E-state index in [4.69, 9.17) is 0 Å². The van der Waals surface area contributed by atoms with E-state index in [-0.39, 0.29) is 6.10 Å². The van der Waals surface area contributed by atoms with Crippen molar-refractivity contribution in [2.75, 3.05) is 0 Å². The minimum Gasteiger partial charge on any atom is -0.393 e. The van der Waals surface area contributed by atoms with Crippen molar-refractivity contribution in [3.05, 3.63) is 41.6 Å². The number of hydrogen-bond acceptors (Lipinski definition) is 2. The Bertz CT molecular complexity index is 976. The second kappa shape index (κ2) is 6.20. The zero-order valence-electron chi connectivity index (χ0n) is 17.8. The van der Waals surface area contributed by atoms with E-state index >= 15 is 0 Å². The number of rotatable bonds is 1. The van der Waals surface area contributed by atoms with Crippen LogP contribution in [0.1, 0.15) is 76.7 Å². The average Bonchev–Trinajstić information content (AvgIpc) is 3.31. The molecule has 0 radical (unpaired) electrons. The summed E-state index contributed by atoms with van der Waals surface area (Å²) in [5.74, 6) is 3.18. The van der Waals surface area contributed by atoms with E-state index in [1.54, 1.807) is 5.57 Å². The zero-order valence-corrected chi connectivity index (χ0v) is 17.8. The molecule has 0 saturated heterocycles. The number of nitrogens with one attached hydrogen (secondary N) is 1. The largest absolute Gasteiger partial charge is 0.393 e. The highest BCUT2D eigenvalue weighted by Crippen LogP contribution is 2.68. The van der Waals surface area contributed by atoms with E-state index in [2.05, 4.69) is 48.3 Å². The molecule has 1 aromatic carbocycles. The van der Waals surface area contributed by atoms with Crippen LogP contribution in [0.2, 0.25) is 0 Å². The van der Waals surface area contributed by atoms with Gasteiger partial charge >= 0.3 is 0 Å². The van der Waals surface area contributed by atoms with Crippen LogP contribution in [-0.2, 0) is 0 Å². The molecule has 3 saturated carbocycles. The van der Waals surface area contributed by atoms with Gasteiger partial charge in [0.2, 0.25) is 0 Å². The van der Waals surface area contributed by atoms with E-state index in [1.807, 2.05) is 6.20 Å². The molecule has 29 heavy (non-hydrogen) atoms. The minimum atomic E-state index is -0.103. The Morgan fingerprint density at radius 3 is 2.86 bits per heavy atom. The number of benzene rings is 1. The normalized spacial score (nSPS) is 44.1. The molecule has 7 atom stereocenters. The number of aliphatic hydroxyl groups is 1. The summed E-state index contributed by atoms with van der Waals surface area (Å²) < 4.78 is 0. The number of H-pyrrole nitrogens is 1. The van der Waals surface area contributed by atoms with Crippen LogP contribution in [0.5, 0.6) is 0 Å². The van der Waals surface area contributed by atoms with Gasteiger partial charge in [-0.2, -0.15) is 5.10 Å². The van der Waals surface area contributed by atoms with Gasteiger partial charge in [-0.1, -0.05) is 31.6 Å². The SMILES string of the molecule is C[C@]12CC[C@H]3[C@@H](CC=C4C[C@H](O)CC[C@@]43C)[C@@H]1CC[C@@H]2c1ccc2[nH]ncc2c1. The van der Waals surface area contributed by atoms with Gasteiger partial charge in [-0.25, -0.2) is 0 Å². The van der Waals surface area contributed by atoms with Crippen LogP contribution in [0.15, 0.2) is 36.0 Å². The Labute approximate surface area is 174 Å². The summed E-state index contributed by atoms with van der Waals surface area (Å²) in [4.78, 5) is 0. The average molecular weight is 391 g/mol. The summed E-state index contributed by atoms with van der Waals surface area (Å²) in [6, 6.07) is 6.98. The summed E-state index contributed by atoms with van der Waals surface area (Å²) in [5, 5.41) is 18.8. The van der Waals surface area contributed by atoms with Gasteiger partial charge in [-0.3, -0.25) is 5.10 Å². The summed E-state index contributed by atoms with van der Waals surface area (Å²) in [6.07, 6.45) is 14.2. The Hall–Kier alpha value is -1.61. The third-order valence-electron chi connectivity index (χ3n) is 9.94. The molecule has 2 aromatic rings. The quantitative estimate of drug-likeness (QED) is 0.589.